The number of carbonyl (C=O) groups is 3. The van der Waals surface area contributed by atoms with E-state index in [1.165, 1.54) is 0 Å². The monoisotopic (exact) mass is 350 g/mol. The average Bonchev–Trinajstić information content (AvgIpc) is 2.58. The Morgan fingerprint density at radius 1 is 1.16 bits per heavy atom. The summed E-state index contributed by atoms with van der Waals surface area (Å²) in [5, 5.41) is 4.68. The standard InChI is InChI=1S/C18H26N2O5/c1-4-14(3)19-18(23)20-16(21)12-25-17(22)6-5-11-24-15-9-7-13(2)8-10-15/h7-10,14H,4-6,11-12H2,1-3H3,(H2,19,20,21,23)/t14-/m0/s1. The minimum atomic E-state index is -0.662. The third-order valence-corrected chi connectivity index (χ3v) is 3.42. The molecule has 0 aliphatic carbocycles. The first-order chi connectivity index (χ1) is 11.9. The van der Waals surface area contributed by atoms with E-state index >= 15 is 0 Å². The first kappa shape index (κ1) is 20.5. The van der Waals surface area contributed by atoms with Gasteiger partial charge in [-0.15, -0.1) is 0 Å². The molecule has 0 bridgehead atoms. The van der Waals surface area contributed by atoms with Gasteiger partial charge in [0.2, 0.25) is 0 Å². The van der Waals surface area contributed by atoms with Gasteiger partial charge in [-0.25, -0.2) is 4.79 Å². The van der Waals surface area contributed by atoms with Gasteiger partial charge in [-0.05, 0) is 38.8 Å². The Balaban J connectivity index is 2.12. The van der Waals surface area contributed by atoms with Crippen LogP contribution in [0.15, 0.2) is 24.3 Å². The lowest BCUT2D eigenvalue weighted by Crippen LogP contribution is -2.44. The van der Waals surface area contributed by atoms with Crippen molar-refractivity contribution in [3.8, 4) is 5.75 Å². The van der Waals surface area contributed by atoms with E-state index in [-0.39, 0.29) is 12.5 Å². The smallest absolute Gasteiger partial charge is 0.321 e. The summed E-state index contributed by atoms with van der Waals surface area (Å²) >= 11 is 0. The number of imide groups is 1. The highest BCUT2D eigenvalue weighted by Gasteiger charge is 2.12. The summed E-state index contributed by atoms with van der Waals surface area (Å²) in [5.74, 6) is -0.430. The molecular weight excluding hydrogens is 324 g/mol. The highest BCUT2D eigenvalue weighted by atomic mass is 16.5. The maximum absolute atomic E-state index is 11.6. The second kappa shape index (κ2) is 11.1. The Hall–Kier alpha value is -2.57. The summed E-state index contributed by atoms with van der Waals surface area (Å²) in [5.41, 5.74) is 1.15. The van der Waals surface area contributed by atoms with Crippen LogP contribution >= 0.6 is 0 Å². The van der Waals surface area contributed by atoms with Gasteiger partial charge in [0.25, 0.3) is 5.91 Å². The summed E-state index contributed by atoms with van der Waals surface area (Å²) in [7, 11) is 0. The topological polar surface area (TPSA) is 93.7 Å². The van der Waals surface area contributed by atoms with Gasteiger partial charge in [0.15, 0.2) is 6.61 Å². The zero-order valence-corrected chi connectivity index (χ0v) is 15.0. The van der Waals surface area contributed by atoms with E-state index in [9.17, 15) is 14.4 Å². The molecule has 7 nitrogen and oxygen atoms in total. The second-order valence-corrected chi connectivity index (χ2v) is 5.76. The lowest BCUT2D eigenvalue weighted by atomic mass is 10.2. The van der Waals surface area contributed by atoms with Crippen LogP contribution < -0.4 is 15.4 Å². The molecule has 0 fully saturated rings. The van der Waals surface area contributed by atoms with Crippen molar-refractivity contribution in [2.45, 2.75) is 46.1 Å². The average molecular weight is 350 g/mol. The number of nitrogens with one attached hydrogen (secondary N) is 2. The van der Waals surface area contributed by atoms with Gasteiger partial charge in [-0.1, -0.05) is 24.6 Å². The van der Waals surface area contributed by atoms with E-state index in [2.05, 4.69) is 10.6 Å². The molecule has 0 aliphatic heterocycles. The number of hydrogen-bond donors (Lipinski definition) is 2. The molecular formula is C18H26N2O5. The molecule has 0 heterocycles. The zero-order chi connectivity index (χ0) is 18.7. The molecule has 138 valence electrons. The molecule has 0 radical (unpaired) electrons. The van der Waals surface area contributed by atoms with Crippen molar-refractivity contribution in [2.24, 2.45) is 0 Å². The lowest BCUT2D eigenvalue weighted by molar-refractivity contribution is -0.148. The maximum Gasteiger partial charge on any atom is 0.321 e. The quantitative estimate of drug-likeness (QED) is 0.526. The van der Waals surface area contributed by atoms with Gasteiger partial charge in [0, 0.05) is 12.5 Å². The number of rotatable bonds is 9. The largest absolute Gasteiger partial charge is 0.494 e. The van der Waals surface area contributed by atoms with Crippen molar-refractivity contribution < 1.29 is 23.9 Å². The minimum Gasteiger partial charge on any atom is -0.494 e. The van der Waals surface area contributed by atoms with Crippen LogP contribution in [0.1, 0.15) is 38.7 Å². The lowest BCUT2D eigenvalue weighted by Gasteiger charge is -2.11. The number of ether oxygens (including phenoxy) is 2. The molecule has 1 atom stereocenters. The number of aryl methyl sites for hydroxylation is 1. The molecule has 3 amide bonds. The van der Waals surface area contributed by atoms with Crippen LogP contribution in [0.4, 0.5) is 4.79 Å². The van der Waals surface area contributed by atoms with Crippen LogP contribution in [-0.2, 0) is 14.3 Å². The van der Waals surface area contributed by atoms with E-state index in [0.717, 1.165) is 17.7 Å². The molecule has 1 aromatic rings. The zero-order valence-electron chi connectivity index (χ0n) is 15.0. The summed E-state index contributed by atoms with van der Waals surface area (Å²) in [4.78, 5) is 34.5. The van der Waals surface area contributed by atoms with Crippen molar-refractivity contribution in [3.05, 3.63) is 29.8 Å². The van der Waals surface area contributed by atoms with Gasteiger partial charge in [0.05, 0.1) is 6.61 Å². The van der Waals surface area contributed by atoms with E-state index in [4.69, 9.17) is 9.47 Å². The Bertz CT molecular complexity index is 571. The number of hydrogen-bond acceptors (Lipinski definition) is 5. The molecule has 1 rings (SSSR count). The van der Waals surface area contributed by atoms with Crippen molar-refractivity contribution in [3.63, 3.8) is 0 Å². The summed E-state index contributed by atoms with van der Waals surface area (Å²) in [6, 6.07) is 6.98. The van der Waals surface area contributed by atoms with E-state index in [1.807, 2.05) is 45.0 Å². The van der Waals surface area contributed by atoms with Gasteiger partial charge >= 0.3 is 12.0 Å². The fourth-order valence-corrected chi connectivity index (χ4v) is 1.78. The number of urea groups is 1. The number of esters is 1. The molecule has 0 spiro atoms. The van der Waals surface area contributed by atoms with E-state index in [1.54, 1.807) is 0 Å². The predicted octanol–water partition coefficient (Wildman–Crippen LogP) is 2.32. The van der Waals surface area contributed by atoms with Crippen LogP contribution in [0.5, 0.6) is 5.75 Å². The molecule has 1 aromatic carbocycles. The van der Waals surface area contributed by atoms with Gasteiger partial charge in [-0.2, -0.15) is 0 Å². The molecule has 0 aliphatic rings. The van der Waals surface area contributed by atoms with Gasteiger partial charge in [0.1, 0.15) is 5.75 Å². The third-order valence-electron chi connectivity index (χ3n) is 3.42. The number of amides is 3. The molecule has 0 saturated heterocycles. The number of benzene rings is 1. The Labute approximate surface area is 148 Å². The number of carbonyl (C=O) groups excluding carboxylic acids is 3. The van der Waals surface area contributed by atoms with Crippen molar-refractivity contribution in [1.82, 2.24) is 10.6 Å². The maximum atomic E-state index is 11.6. The molecule has 2 N–H and O–H groups in total. The fraction of sp³-hybridized carbons (Fsp3) is 0.500. The Morgan fingerprint density at radius 2 is 1.84 bits per heavy atom. The molecule has 7 heteroatoms. The van der Waals surface area contributed by atoms with Crippen molar-refractivity contribution in [2.75, 3.05) is 13.2 Å². The summed E-state index contributed by atoms with van der Waals surface area (Å²) in [6.07, 6.45) is 1.36. The van der Waals surface area contributed by atoms with Crippen LogP contribution in [0, 0.1) is 6.92 Å². The Morgan fingerprint density at radius 3 is 2.48 bits per heavy atom. The van der Waals surface area contributed by atoms with Crippen LogP contribution in [0.3, 0.4) is 0 Å². The summed E-state index contributed by atoms with van der Waals surface area (Å²) in [6.45, 7) is 5.62. The Kier molecular flexibility index (Phi) is 9.06. The van der Waals surface area contributed by atoms with Crippen molar-refractivity contribution in [1.29, 1.82) is 0 Å². The SMILES string of the molecule is CC[C@H](C)NC(=O)NC(=O)COC(=O)CCCOc1ccc(C)cc1. The van der Waals surface area contributed by atoms with E-state index < -0.39 is 24.5 Å². The van der Waals surface area contributed by atoms with Crippen molar-refractivity contribution >= 4 is 17.9 Å². The third kappa shape index (κ3) is 9.34. The second-order valence-electron chi connectivity index (χ2n) is 5.76. The van der Waals surface area contributed by atoms with Gasteiger partial charge < -0.3 is 14.8 Å². The first-order valence-corrected chi connectivity index (χ1v) is 8.36. The van der Waals surface area contributed by atoms with E-state index in [0.29, 0.717) is 13.0 Å². The normalized spacial score (nSPS) is 11.3. The molecule has 0 unspecified atom stereocenters. The minimum absolute atomic E-state index is 0.0381. The fourth-order valence-electron chi connectivity index (χ4n) is 1.78. The predicted molar refractivity (Wildman–Crippen MR) is 93.3 cm³/mol. The van der Waals surface area contributed by atoms with Crippen LogP contribution in [0.2, 0.25) is 0 Å². The molecule has 25 heavy (non-hydrogen) atoms. The first-order valence-electron chi connectivity index (χ1n) is 8.36. The molecule has 0 aromatic heterocycles. The van der Waals surface area contributed by atoms with Crippen LogP contribution in [-0.4, -0.2) is 37.2 Å². The highest BCUT2D eigenvalue weighted by Crippen LogP contribution is 2.11. The van der Waals surface area contributed by atoms with Crippen LogP contribution in [0.25, 0.3) is 0 Å². The van der Waals surface area contributed by atoms with Gasteiger partial charge in [-0.3, -0.25) is 14.9 Å². The molecule has 0 saturated carbocycles. The highest BCUT2D eigenvalue weighted by molar-refractivity contribution is 5.95. The summed E-state index contributed by atoms with van der Waals surface area (Å²) < 4.78 is 10.3.